The van der Waals surface area contributed by atoms with E-state index in [1.165, 1.54) is 23.5 Å². The summed E-state index contributed by atoms with van der Waals surface area (Å²) < 4.78 is 18.6. The van der Waals surface area contributed by atoms with E-state index >= 15 is 0 Å². The highest BCUT2D eigenvalue weighted by atomic mass is 32.1. The summed E-state index contributed by atoms with van der Waals surface area (Å²) in [5.41, 5.74) is 4.35. The summed E-state index contributed by atoms with van der Waals surface area (Å²) in [5, 5.41) is 5.52. The smallest absolute Gasteiger partial charge is 0.339 e. The topological polar surface area (TPSA) is 84.4 Å². The first-order valence-electron chi connectivity index (χ1n) is 11.3. The van der Waals surface area contributed by atoms with Crippen molar-refractivity contribution in [3.8, 4) is 11.3 Å². The van der Waals surface area contributed by atoms with Gasteiger partial charge >= 0.3 is 5.97 Å². The molecule has 0 bridgehead atoms. The minimum atomic E-state index is -0.543. The minimum absolute atomic E-state index is 0.329. The van der Waals surface area contributed by atoms with Gasteiger partial charge in [-0.15, -0.1) is 11.3 Å². The van der Waals surface area contributed by atoms with Crippen LogP contribution in [0.1, 0.15) is 28.5 Å². The van der Waals surface area contributed by atoms with Crippen molar-refractivity contribution in [1.82, 2.24) is 14.9 Å². The lowest BCUT2D eigenvalue weighted by Crippen LogP contribution is -2.32. The summed E-state index contributed by atoms with van der Waals surface area (Å²) in [5.74, 6) is -1.36. The highest BCUT2D eigenvalue weighted by Crippen LogP contribution is 2.29. The predicted molar refractivity (Wildman–Crippen MR) is 133 cm³/mol. The second-order valence-electron chi connectivity index (χ2n) is 8.22. The number of rotatable bonds is 6. The van der Waals surface area contributed by atoms with Crippen LogP contribution < -0.4 is 5.32 Å². The minimum Gasteiger partial charge on any atom is -0.452 e. The monoisotopic (exact) mass is 490 g/mol. The Hall–Kier alpha value is -3.69. The largest absolute Gasteiger partial charge is 0.452 e. The molecule has 0 unspecified atom stereocenters. The number of para-hydroxylation sites is 1. The van der Waals surface area contributed by atoms with E-state index in [0.717, 1.165) is 47.2 Å². The number of pyridine rings is 1. The van der Waals surface area contributed by atoms with Crippen LogP contribution in [-0.4, -0.2) is 46.4 Å². The summed E-state index contributed by atoms with van der Waals surface area (Å²) in [6.45, 7) is 4.02. The van der Waals surface area contributed by atoms with E-state index in [9.17, 15) is 14.0 Å². The van der Waals surface area contributed by atoms with Crippen molar-refractivity contribution in [2.45, 2.75) is 19.9 Å². The maximum atomic E-state index is 13.2. The molecule has 2 aromatic heterocycles. The van der Waals surface area contributed by atoms with Crippen molar-refractivity contribution in [2.24, 2.45) is 0 Å². The van der Waals surface area contributed by atoms with Crippen LogP contribution in [0.25, 0.3) is 22.2 Å². The summed E-state index contributed by atoms with van der Waals surface area (Å²) in [4.78, 5) is 37.1. The summed E-state index contributed by atoms with van der Waals surface area (Å²) in [7, 11) is 0. The second-order valence-corrected chi connectivity index (χ2v) is 9.08. The normalized spacial score (nSPS) is 13.4. The van der Waals surface area contributed by atoms with Gasteiger partial charge < -0.3 is 4.74 Å². The van der Waals surface area contributed by atoms with Gasteiger partial charge in [-0.1, -0.05) is 25.1 Å². The molecule has 1 aliphatic heterocycles. The number of likely N-dealkylation sites (N-methyl/N-ethyl adjacent to an activating group) is 1. The Labute approximate surface area is 205 Å². The van der Waals surface area contributed by atoms with Crippen LogP contribution in [0.5, 0.6) is 0 Å². The van der Waals surface area contributed by atoms with Gasteiger partial charge in [-0.25, -0.2) is 14.2 Å². The molecule has 1 N–H and O–H groups in total. The van der Waals surface area contributed by atoms with Crippen LogP contribution in [0, 0.1) is 5.82 Å². The molecule has 0 atom stereocenters. The van der Waals surface area contributed by atoms with Crippen molar-refractivity contribution < 1.29 is 18.7 Å². The molecule has 2 aromatic carbocycles. The lowest BCUT2D eigenvalue weighted by atomic mass is 9.96. The Morgan fingerprint density at radius 2 is 1.94 bits per heavy atom. The molecule has 7 nitrogen and oxygen atoms in total. The lowest BCUT2D eigenvalue weighted by Gasteiger charge is -2.28. The molecular formula is C26H23FN4O3S. The van der Waals surface area contributed by atoms with Gasteiger partial charge in [0.25, 0.3) is 5.91 Å². The summed E-state index contributed by atoms with van der Waals surface area (Å²) in [6.07, 6.45) is 0.759. The molecule has 9 heteroatoms. The number of ether oxygens (including phenoxy) is 1. The molecule has 178 valence electrons. The van der Waals surface area contributed by atoms with Gasteiger partial charge in [0.2, 0.25) is 0 Å². The number of aromatic nitrogens is 2. The number of anilines is 1. The van der Waals surface area contributed by atoms with E-state index in [4.69, 9.17) is 9.72 Å². The van der Waals surface area contributed by atoms with Crippen molar-refractivity contribution >= 4 is 39.2 Å². The third-order valence-electron chi connectivity index (χ3n) is 6.00. The number of nitrogens with one attached hydrogen (secondary N) is 1. The number of hydrogen-bond donors (Lipinski definition) is 1. The average Bonchev–Trinajstić information content (AvgIpc) is 3.34. The van der Waals surface area contributed by atoms with Gasteiger partial charge in [0.1, 0.15) is 5.82 Å². The van der Waals surface area contributed by atoms with Gasteiger partial charge in [-0.05, 0) is 36.9 Å². The first-order valence-corrected chi connectivity index (χ1v) is 12.2. The molecular weight excluding hydrogens is 467 g/mol. The first-order chi connectivity index (χ1) is 17.0. The fraction of sp³-hybridized carbons (Fsp3) is 0.231. The molecule has 4 aromatic rings. The van der Waals surface area contributed by atoms with Crippen LogP contribution in [0.3, 0.4) is 0 Å². The Kier molecular flexibility index (Phi) is 6.52. The fourth-order valence-corrected chi connectivity index (χ4v) is 4.93. The van der Waals surface area contributed by atoms with E-state index < -0.39 is 18.5 Å². The van der Waals surface area contributed by atoms with Gasteiger partial charge in [0.15, 0.2) is 11.7 Å². The molecule has 3 heterocycles. The van der Waals surface area contributed by atoms with Crippen LogP contribution in [0.4, 0.5) is 9.52 Å². The van der Waals surface area contributed by atoms with Crippen LogP contribution in [0.2, 0.25) is 0 Å². The Balaban J connectivity index is 1.30. The number of fused-ring (bicyclic) bond motifs is 2. The van der Waals surface area contributed by atoms with E-state index in [2.05, 4.69) is 22.1 Å². The lowest BCUT2D eigenvalue weighted by molar-refractivity contribution is -0.119. The zero-order chi connectivity index (χ0) is 24.4. The molecule has 0 fully saturated rings. The average molecular weight is 491 g/mol. The third-order valence-corrected chi connectivity index (χ3v) is 6.76. The van der Waals surface area contributed by atoms with Crippen molar-refractivity contribution in [3.63, 3.8) is 0 Å². The van der Waals surface area contributed by atoms with E-state index in [-0.39, 0.29) is 5.82 Å². The Morgan fingerprint density at radius 1 is 1.14 bits per heavy atom. The van der Waals surface area contributed by atoms with Crippen LogP contribution >= 0.6 is 11.3 Å². The summed E-state index contributed by atoms with van der Waals surface area (Å²) in [6, 6.07) is 13.4. The van der Waals surface area contributed by atoms with Gasteiger partial charge in [-0.3, -0.25) is 20.0 Å². The van der Waals surface area contributed by atoms with Gasteiger partial charge in [0, 0.05) is 47.1 Å². The molecule has 1 amide bonds. The second kappa shape index (κ2) is 9.89. The number of esters is 1. The molecule has 5 rings (SSSR count). The Morgan fingerprint density at radius 3 is 2.74 bits per heavy atom. The zero-order valence-electron chi connectivity index (χ0n) is 19.1. The SMILES string of the molecule is CCN1CCc2nc3ccccc3c(C(=O)OCC(=O)Nc3nc(-c4ccc(F)cc4)cs3)c2C1. The van der Waals surface area contributed by atoms with Gasteiger partial charge in [-0.2, -0.15) is 0 Å². The third kappa shape index (κ3) is 4.91. The molecule has 0 saturated heterocycles. The molecule has 0 aliphatic carbocycles. The molecule has 0 spiro atoms. The van der Waals surface area contributed by atoms with Crippen molar-refractivity contribution in [3.05, 3.63) is 76.5 Å². The van der Waals surface area contributed by atoms with Crippen molar-refractivity contribution in [1.29, 1.82) is 0 Å². The van der Waals surface area contributed by atoms with Crippen molar-refractivity contribution in [2.75, 3.05) is 25.0 Å². The molecule has 35 heavy (non-hydrogen) atoms. The highest BCUT2D eigenvalue weighted by molar-refractivity contribution is 7.14. The number of halogens is 1. The van der Waals surface area contributed by atoms with E-state index in [0.29, 0.717) is 22.9 Å². The number of benzene rings is 2. The number of amides is 1. The molecule has 0 radical (unpaired) electrons. The Bertz CT molecular complexity index is 1400. The maximum absolute atomic E-state index is 13.2. The number of hydrogen-bond acceptors (Lipinski definition) is 7. The molecule has 0 saturated carbocycles. The van der Waals surface area contributed by atoms with Gasteiger partial charge in [0.05, 0.1) is 16.8 Å². The number of carbonyl (C=O) groups is 2. The maximum Gasteiger partial charge on any atom is 0.339 e. The quantitative estimate of drug-likeness (QED) is 0.396. The first kappa shape index (κ1) is 23.1. The summed E-state index contributed by atoms with van der Waals surface area (Å²) >= 11 is 1.24. The fourth-order valence-electron chi connectivity index (χ4n) is 4.19. The number of carbonyl (C=O) groups excluding carboxylic acids is 2. The highest BCUT2D eigenvalue weighted by Gasteiger charge is 2.26. The number of nitrogens with zero attached hydrogens (tertiary/aromatic N) is 3. The zero-order valence-corrected chi connectivity index (χ0v) is 19.9. The van der Waals surface area contributed by atoms with E-state index in [1.54, 1.807) is 17.5 Å². The molecule has 1 aliphatic rings. The van der Waals surface area contributed by atoms with Crippen LogP contribution in [-0.2, 0) is 22.5 Å². The standard InChI is InChI=1S/C26H23FN4O3S/c1-2-31-12-11-21-19(13-31)24(18-5-3-4-6-20(18)28-21)25(33)34-14-23(32)30-26-29-22(15-35-26)16-7-9-17(27)10-8-16/h3-10,15H,2,11-14H2,1H3,(H,29,30,32). The predicted octanol–water partition coefficient (Wildman–Crippen LogP) is 4.67. The van der Waals surface area contributed by atoms with Crippen LogP contribution in [0.15, 0.2) is 53.9 Å². The van der Waals surface area contributed by atoms with E-state index in [1.807, 2.05) is 24.3 Å². The number of thiazole rings is 1.